The minimum atomic E-state index is -2.04. The normalized spacial score (nSPS) is 31.8. The lowest BCUT2D eigenvalue weighted by atomic mass is 10.1. The van der Waals surface area contributed by atoms with Gasteiger partial charge in [0.15, 0.2) is 0 Å². The van der Waals surface area contributed by atoms with Gasteiger partial charge < -0.3 is 8.85 Å². The van der Waals surface area contributed by atoms with Gasteiger partial charge in [-0.1, -0.05) is 6.58 Å². The summed E-state index contributed by atoms with van der Waals surface area (Å²) >= 11 is 0. The molecule has 1 rings (SSSR count). The largest absolute Gasteiger partial charge is 0.516 e. The molecule has 16 heavy (non-hydrogen) atoms. The van der Waals surface area contributed by atoms with E-state index in [1.165, 1.54) is 6.08 Å². The summed E-state index contributed by atoms with van der Waals surface area (Å²) in [7, 11) is -3.95. The molecule has 0 aliphatic carbocycles. The molecule has 0 spiro atoms. The molecule has 0 bridgehead atoms. The topological polar surface area (TPSA) is 35.5 Å². The van der Waals surface area contributed by atoms with Crippen LogP contribution < -0.4 is 0 Å². The van der Waals surface area contributed by atoms with E-state index in [-0.39, 0.29) is 11.6 Å². The van der Waals surface area contributed by atoms with Crippen molar-refractivity contribution in [3.05, 3.63) is 12.7 Å². The Morgan fingerprint density at radius 3 is 2.44 bits per heavy atom. The van der Waals surface area contributed by atoms with Gasteiger partial charge in [-0.15, -0.1) is 0 Å². The average Bonchev–Trinajstić information content (AvgIpc) is 2.11. The van der Waals surface area contributed by atoms with Crippen molar-refractivity contribution in [3.63, 3.8) is 0 Å². The van der Waals surface area contributed by atoms with Crippen molar-refractivity contribution >= 4 is 21.6 Å². The summed E-state index contributed by atoms with van der Waals surface area (Å²) in [6.45, 7) is 14.1. The first-order valence-corrected chi connectivity index (χ1v) is 12.2. The van der Waals surface area contributed by atoms with Crippen molar-refractivity contribution in [3.8, 4) is 0 Å². The molecular weight excluding hydrogens is 236 g/mol. The van der Waals surface area contributed by atoms with Crippen LogP contribution in [0.5, 0.6) is 0 Å². The maximum Gasteiger partial charge on any atom is 0.316 e. The fourth-order valence-electron chi connectivity index (χ4n) is 2.13. The lowest BCUT2D eigenvalue weighted by Crippen LogP contribution is -2.67. The molecule has 1 aliphatic heterocycles. The zero-order valence-electron chi connectivity index (χ0n) is 10.9. The minimum absolute atomic E-state index is 0.0666. The van der Waals surface area contributed by atoms with Gasteiger partial charge in [0.1, 0.15) is 0 Å². The van der Waals surface area contributed by atoms with Crippen molar-refractivity contribution in [2.75, 3.05) is 0 Å². The molecule has 0 radical (unpaired) electrons. The van der Waals surface area contributed by atoms with Gasteiger partial charge in [0, 0.05) is 6.08 Å². The molecule has 5 heteroatoms. The van der Waals surface area contributed by atoms with Crippen LogP contribution in [0.1, 0.15) is 20.3 Å². The SMILES string of the molecule is C=CC(=O)O[Si]1(C)CCC(C)(C)O[Si]1(C)C. The van der Waals surface area contributed by atoms with E-state index < -0.39 is 15.7 Å². The molecular formula is C11H22O3Si2. The zero-order valence-corrected chi connectivity index (χ0v) is 12.9. The molecule has 0 amide bonds. The van der Waals surface area contributed by atoms with E-state index in [1.54, 1.807) is 0 Å². The molecule has 0 aromatic rings. The van der Waals surface area contributed by atoms with Crippen molar-refractivity contribution in [1.82, 2.24) is 0 Å². The first-order chi connectivity index (χ1) is 7.12. The number of hydrogen-bond acceptors (Lipinski definition) is 3. The van der Waals surface area contributed by atoms with E-state index in [1.807, 2.05) is 0 Å². The quantitative estimate of drug-likeness (QED) is 0.564. The second-order valence-corrected chi connectivity index (χ2v) is 18.9. The second-order valence-electron chi connectivity index (χ2n) is 5.73. The Kier molecular flexibility index (Phi) is 3.52. The molecule has 0 aromatic carbocycles. The molecule has 0 N–H and O–H groups in total. The van der Waals surface area contributed by atoms with Gasteiger partial charge >= 0.3 is 5.97 Å². The fraction of sp³-hybridized carbons (Fsp3) is 0.727. The Hall–Kier alpha value is -0.396. The maximum atomic E-state index is 11.4. The lowest BCUT2D eigenvalue weighted by molar-refractivity contribution is -0.129. The van der Waals surface area contributed by atoms with Crippen LogP contribution in [0.2, 0.25) is 25.7 Å². The Morgan fingerprint density at radius 1 is 1.44 bits per heavy atom. The van der Waals surface area contributed by atoms with Crippen LogP contribution >= 0.6 is 0 Å². The molecule has 1 aliphatic rings. The molecule has 92 valence electrons. The summed E-state index contributed by atoms with van der Waals surface area (Å²) in [5.41, 5.74) is -0.0666. The number of hydrogen-bond donors (Lipinski definition) is 0. The van der Waals surface area contributed by atoms with Gasteiger partial charge in [0.2, 0.25) is 7.83 Å². The molecule has 1 unspecified atom stereocenters. The van der Waals surface area contributed by atoms with E-state index in [2.05, 4.69) is 40.1 Å². The van der Waals surface area contributed by atoms with Crippen LogP contribution in [0.4, 0.5) is 0 Å². The van der Waals surface area contributed by atoms with Crippen LogP contribution in [0.15, 0.2) is 12.7 Å². The first-order valence-electron chi connectivity index (χ1n) is 5.67. The first kappa shape index (κ1) is 13.7. The Labute approximate surface area is 99.9 Å². The van der Waals surface area contributed by atoms with E-state index in [0.29, 0.717) is 0 Å². The van der Waals surface area contributed by atoms with E-state index in [9.17, 15) is 4.79 Å². The van der Waals surface area contributed by atoms with Gasteiger partial charge in [0.25, 0.3) is 7.83 Å². The summed E-state index contributed by atoms with van der Waals surface area (Å²) in [5.74, 6) is -0.293. The monoisotopic (exact) mass is 258 g/mol. The Bertz CT molecular complexity index is 312. The molecule has 1 saturated heterocycles. The minimum Gasteiger partial charge on any atom is -0.516 e. The Morgan fingerprint density at radius 2 is 2.00 bits per heavy atom. The number of carbonyl (C=O) groups is 1. The standard InChI is InChI=1S/C11H22O3Si2/c1-7-10(12)13-16(6)9-8-11(2,3)14-15(16,4)5/h7H,1,8-9H2,2-6H3. The second kappa shape index (κ2) is 4.12. The third-order valence-electron chi connectivity index (χ3n) is 3.50. The van der Waals surface area contributed by atoms with Crippen molar-refractivity contribution in [2.24, 2.45) is 0 Å². The van der Waals surface area contributed by atoms with E-state index in [4.69, 9.17) is 8.85 Å². The highest BCUT2D eigenvalue weighted by Crippen LogP contribution is 2.39. The fourth-order valence-corrected chi connectivity index (χ4v) is 11.1. The van der Waals surface area contributed by atoms with Crippen LogP contribution in [-0.2, 0) is 13.6 Å². The van der Waals surface area contributed by atoms with Gasteiger partial charge in [-0.3, -0.25) is 0 Å². The summed E-state index contributed by atoms with van der Waals surface area (Å²) in [5, 5.41) is 0. The van der Waals surface area contributed by atoms with E-state index >= 15 is 0 Å². The van der Waals surface area contributed by atoms with Crippen LogP contribution in [-0.4, -0.2) is 27.2 Å². The number of carbonyl (C=O) groups excluding carboxylic acids is 1. The lowest BCUT2D eigenvalue weighted by Gasteiger charge is -2.49. The van der Waals surface area contributed by atoms with Crippen LogP contribution in [0.3, 0.4) is 0 Å². The zero-order chi connectivity index (χ0) is 12.6. The molecule has 1 fully saturated rings. The third kappa shape index (κ3) is 2.64. The van der Waals surface area contributed by atoms with Gasteiger partial charge in [-0.05, 0) is 46.0 Å². The highest BCUT2D eigenvalue weighted by molar-refractivity contribution is 7.36. The summed E-state index contributed by atoms with van der Waals surface area (Å²) in [6.07, 6.45) is 2.22. The highest BCUT2D eigenvalue weighted by atomic mass is 29.3. The third-order valence-corrected chi connectivity index (χ3v) is 18.0. The van der Waals surface area contributed by atoms with E-state index in [0.717, 1.165) is 12.5 Å². The molecule has 3 nitrogen and oxygen atoms in total. The van der Waals surface area contributed by atoms with Gasteiger partial charge in [0.05, 0.1) is 5.60 Å². The molecule has 0 saturated carbocycles. The molecule has 1 heterocycles. The summed E-state index contributed by atoms with van der Waals surface area (Å²) in [6, 6.07) is 0.999. The highest BCUT2D eigenvalue weighted by Gasteiger charge is 2.57. The van der Waals surface area contributed by atoms with Crippen molar-refractivity contribution < 1.29 is 13.6 Å². The smallest absolute Gasteiger partial charge is 0.316 e. The van der Waals surface area contributed by atoms with Crippen LogP contribution in [0.25, 0.3) is 0 Å². The average molecular weight is 258 g/mol. The maximum absolute atomic E-state index is 11.4. The molecule has 1 atom stereocenters. The predicted octanol–water partition coefficient (Wildman–Crippen LogP) is 2.77. The van der Waals surface area contributed by atoms with Gasteiger partial charge in [-0.25, -0.2) is 4.79 Å². The summed E-state index contributed by atoms with van der Waals surface area (Å²) in [4.78, 5) is 11.4. The van der Waals surface area contributed by atoms with Crippen molar-refractivity contribution in [2.45, 2.75) is 51.6 Å². The predicted molar refractivity (Wildman–Crippen MR) is 70.0 cm³/mol. The van der Waals surface area contributed by atoms with Crippen molar-refractivity contribution in [1.29, 1.82) is 0 Å². The Balaban J connectivity index is 2.89. The molecule has 0 aromatic heterocycles. The summed E-state index contributed by atoms with van der Waals surface area (Å²) < 4.78 is 11.9. The van der Waals surface area contributed by atoms with Gasteiger partial charge in [-0.2, -0.15) is 0 Å². The van der Waals surface area contributed by atoms with Crippen LogP contribution in [0, 0.1) is 0 Å². The number of rotatable bonds is 2.